The van der Waals surface area contributed by atoms with Crippen molar-refractivity contribution in [2.24, 2.45) is 0 Å². The molecule has 0 fully saturated rings. The fraction of sp³-hybridized carbons (Fsp3) is 0.200. The first kappa shape index (κ1) is 31.3. The van der Waals surface area contributed by atoms with E-state index in [1.54, 1.807) is 60.7 Å². The van der Waals surface area contributed by atoms with E-state index in [1.165, 1.54) is 0 Å². The number of hydrogen-bond acceptors (Lipinski definition) is 5. The molecular formula is C35H31Cl2N5O4. The number of para-hydroxylation sites is 2. The molecule has 0 saturated heterocycles. The maximum absolute atomic E-state index is 13.1. The van der Waals surface area contributed by atoms with Crippen molar-refractivity contribution in [2.75, 3.05) is 33.2 Å². The second kappa shape index (κ2) is 13.3. The quantitative estimate of drug-likeness (QED) is 0.109. The van der Waals surface area contributed by atoms with Crippen molar-refractivity contribution >= 4 is 78.6 Å². The molecule has 0 saturated carbocycles. The zero-order valence-corrected chi connectivity index (χ0v) is 26.5. The minimum atomic E-state index is -0.290. The summed E-state index contributed by atoms with van der Waals surface area (Å²) in [5.41, 5.74) is 2.39. The zero-order valence-electron chi connectivity index (χ0n) is 25.0. The van der Waals surface area contributed by atoms with E-state index in [9.17, 15) is 19.2 Å². The molecule has 234 valence electrons. The number of hydrogen-bond donors (Lipinski definition) is 4. The molecule has 9 nitrogen and oxygen atoms in total. The van der Waals surface area contributed by atoms with Gasteiger partial charge >= 0.3 is 0 Å². The smallest absolute Gasteiger partial charge is 0.253 e. The summed E-state index contributed by atoms with van der Waals surface area (Å²) in [5, 5.41) is 8.10. The van der Waals surface area contributed by atoms with Crippen LogP contribution in [0, 0.1) is 0 Å². The zero-order chi connectivity index (χ0) is 32.4. The van der Waals surface area contributed by atoms with Crippen LogP contribution in [-0.2, 0) is 0 Å². The number of aromatic amines is 2. The van der Waals surface area contributed by atoms with Crippen LogP contribution in [0.3, 0.4) is 0 Å². The Kier molecular flexibility index (Phi) is 9.08. The fourth-order valence-corrected chi connectivity index (χ4v) is 6.25. The highest BCUT2D eigenvalue weighted by molar-refractivity contribution is 6.36. The molecule has 0 aliphatic carbocycles. The van der Waals surface area contributed by atoms with Gasteiger partial charge in [-0.2, -0.15) is 0 Å². The number of rotatable bonds is 10. The van der Waals surface area contributed by atoms with Gasteiger partial charge in [-0.05, 0) is 81.5 Å². The number of amides is 2. The highest BCUT2D eigenvalue weighted by atomic mass is 35.5. The Morgan fingerprint density at radius 1 is 0.652 bits per heavy atom. The van der Waals surface area contributed by atoms with Gasteiger partial charge in [-0.3, -0.25) is 19.2 Å². The number of pyridine rings is 2. The predicted molar refractivity (Wildman–Crippen MR) is 186 cm³/mol. The minimum absolute atomic E-state index is 0.216. The Morgan fingerprint density at radius 2 is 1.07 bits per heavy atom. The lowest BCUT2D eigenvalue weighted by Crippen LogP contribution is -2.31. The van der Waals surface area contributed by atoms with Crippen LogP contribution in [0.25, 0.3) is 43.6 Å². The van der Waals surface area contributed by atoms with Gasteiger partial charge in [-0.15, -0.1) is 0 Å². The Hall–Kier alpha value is -4.70. The van der Waals surface area contributed by atoms with Gasteiger partial charge in [0.15, 0.2) is 10.9 Å². The fourth-order valence-electron chi connectivity index (χ4n) is 5.76. The van der Waals surface area contributed by atoms with Gasteiger partial charge < -0.3 is 25.5 Å². The highest BCUT2D eigenvalue weighted by Gasteiger charge is 2.18. The normalized spacial score (nSPS) is 11.6. The van der Waals surface area contributed by atoms with Crippen LogP contribution in [0.1, 0.15) is 33.6 Å². The van der Waals surface area contributed by atoms with Crippen LogP contribution < -0.4 is 21.5 Å². The van der Waals surface area contributed by atoms with E-state index >= 15 is 0 Å². The molecule has 2 aromatic heterocycles. The third-order valence-corrected chi connectivity index (χ3v) is 8.75. The summed E-state index contributed by atoms with van der Waals surface area (Å²) < 4.78 is 0. The number of H-pyrrole nitrogens is 2. The first-order valence-electron chi connectivity index (χ1n) is 15.0. The van der Waals surface area contributed by atoms with E-state index in [0.29, 0.717) is 90.7 Å². The average molecular weight is 657 g/mol. The van der Waals surface area contributed by atoms with Crippen LogP contribution in [-0.4, -0.2) is 59.9 Å². The molecule has 46 heavy (non-hydrogen) atoms. The average Bonchev–Trinajstić information content (AvgIpc) is 3.05. The van der Waals surface area contributed by atoms with Crippen molar-refractivity contribution in [1.82, 2.24) is 25.5 Å². The first-order chi connectivity index (χ1) is 22.2. The number of fused-ring (bicyclic) bond motifs is 4. The topological polar surface area (TPSA) is 127 Å². The lowest BCUT2D eigenvalue weighted by Gasteiger charge is -2.17. The van der Waals surface area contributed by atoms with Crippen LogP contribution >= 0.6 is 23.2 Å². The molecule has 0 spiro atoms. The Morgan fingerprint density at radius 3 is 1.50 bits per heavy atom. The van der Waals surface area contributed by atoms with E-state index in [-0.39, 0.29) is 22.7 Å². The molecular weight excluding hydrogens is 625 g/mol. The van der Waals surface area contributed by atoms with Crippen molar-refractivity contribution in [3.63, 3.8) is 0 Å². The van der Waals surface area contributed by atoms with Gasteiger partial charge in [-0.1, -0.05) is 47.5 Å². The van der Waals surface area contributed by atoms with Crippen molar-refractivity contribution in [3.05, 3.63) is 114 Å². The molecule has 4 aromatic carbocycles. The van der Waals surface area contributed by atoms with Gasteiger partial charge in [0.1, 0.15) is 0 Å². The van der Waals surface area contributed by atoms with Gasteiger partial charge in [0, 0.05) is 34.9 Å². The number of carbonyl (C=O) groups excluding carboxylic acids is 2. The highest BCUT2D eigenvalue weighted by Crippen LogP contribution is 2.26. The van der Waals surface area contributed by atoms with E-state index in [0.717, 1.165) is 13.1 Å². The predicted octanol–water partition coefficient (Wildman–Crippen LogP) is 5.85. The standard InChI is InChI=1S/C35H31Cl2N5O4/c1-42(18-6-16-38-34(45)22-12-14-24(36)28-30(22)40-26-10-4-2-8-20(26)32(28)43)19-7-17-39-35(46)23-13-15-25(37)29-31(23)41-27-11-5-3-9-21(27)33(29)44/h2-5,8-15H,6-7,16-19H2,1H3,(H,38,45)(H,39,46)(H,40,43)(H,41,44). The number of halogens is 2. The number of carbonyl (C=O) groups is 2. The Labute approximate surface area is 273 Å². The maximum atomic E-state index is 13.1. The molecule has 2 heterocycles. The molecule has 0 bridgehead atoms. The van der Waals surface area contributed by atoms with E-state index in [2.05, 4.69) is 25.5 Å². The lowest BCUT2D eigenvalue weighted by molar-refractivity contribution is 0.0947. The summed E-state index contributed by atoms with van der Waals surface area (Å²) in [7, 11) is 1.98. The largest absolute Gasteiger partial charge is 0.354 e. The molecule has 4 N–H and O–H groups in total. The van der Waals surface area contributed by atoms with E-state index in [4.69, 9.17) is 23.2 Å². The molecule has 0 aliphatic rings. The molecule has 6 aromatic rings. The summed E-state index contributed by atoms with van der Waals surface area (Å²) in [6.07, 6.45) is 1.41. The molecule has 0 unspecified atom stereocenters. The first-order valence-corrected chi connectivity index (χ1v) is 15.7. The lowest BCUT2D eigenvalue weighted by atomic mass is 10.1. The number of aromatic nitrogens is 2. The Balaban J connectivity index is 1.00. The summed E-state index contributed by atoms with van der Waals surface area (Å²) >= 11 is 12.7. The second-order valence-electron chi connectivity index (χ2n) is 11.2. The van der Waals surface area contributed by atoms with E-state index in [1.807, 2.05) is 19.2 Å². The SMILES string of the molecule is CN(CCCNC(=O)c1ccc(Cl)c2c(=O)c3ccccc3[nH]c12)CCCNC(=O)c1ccc(Cl)c2c(=O)c3ccccc3[nH]c12. The van der Waals surface area contributed by atoms with E-state index < -0.39 is 0 Å². The molecule has 11 heteroatoms. The molecule has 0 radical (unpaired) electrons. The van der Waals surface area contributed by atoms with Crippen molar-refractivity contribution in [2.45, 2.75) is 12.8 Å². The van der Waals surface area contributed by atoms with Gasteiger partial charge in [0.25, 0.3) is 11.8 Å². The van der Waals surface area contributed by atoms with Crippen LogP contribution in [0.15, 0.2) is 82.4 Å². The van der Waals surface area contributed by atoms with Crippen LogP contribution in [0.4, 0.5) is 0 Å². The second-order valence-corrected chi connectivity index (χ2v) is 12.0. The van der Waals surface area contributed by atoms with Crippen molar-refractivity contribution in [1.29, 1.82) is 0 Å². The summed E-state index contributed by atoms with van der Waals surface area (Å²) in [5.74, 6) is -0.580. The number of nitrogens with zero attached hydrogens (tertiary/aromatic N) is 1. The molecule has 2 amide bonds. The summed E-state index contributed by atoms with van der Waals surface area (Å²) in [6.45, 7) is 2.34. The number of benzene rings is 4. The van der Waals surface area contributed by atoms with Crippen LogP contribution in [0.2, 0.25) is 10.0 Å². The number of nitrogens with one attached hydrogen (secondary N) is 4. The minimum Gasteiger partial charge on any atom is -0.354 e. The molecule has 0 aliphatic heterocycles. The van der Waals surface area contributed by atoms with Crippen LogP contribution in [0.5, 0.6) is 0 Å². The third-order valence-electron chi connectivity index (χ3n) is 8.12. The van der Waals surface area contributed by atoms with Gasteiger partial charge in [0.2, 0.25) is 0 Å². The van der Waals surface area contributed by atoms with Crippen molar-refractivity contribution < 1.29 is 9.59 Å². The van der Waals surface area contributed by atoms with Crippen molar-refractivity contribution in [3.8, 4) is 0 Å². The Bertz CT molecular complexity index is 2100. The van der Waals surface area contributed by atoms with Gasteiger partial charge in [-0.25, -0.2) is 0 Å². The summed E-state index contributed by atoms with van der Waals surface area (Å²) in [6, 6.07) is 20.7. The molecule has 6 rings (SSSR count). The summed E-state index contributed by atoms with van der Waals surface area (Å²) in [4.78, 5) is 60.9. The maximum Gasteiger partial charge on any atom is 0.253 e. The van der Waals surface area contributed by atoms with Gasteiger partial charge in [0.05, 0.1) is 43.0 Å². The molecule has 0 atom stereocenters. The monoisotopic (exact) mass is 655 g/mol. The third kappa shape index (κ3) is 6.09.